The van der Waals surface area contributed by atoms with E-state index in [2.05, 4.69) is 30.7 Å². The van der Waals surface area contributed by atoms with Gasteiger partial charge in [0.2, 0.25) is 23.6 Å². The highest BCUT2D eigenvalue weighted by atomic mass is 16.7. The summed E-state index contributed by atoms with van der Waals surface area (Å²) in [7, 11) is 2.48. The van der Waals surface area contributed by atoms with E-state index in [0.29, 0.717) is 55.5 Å². The van der Waals surface area contributed by atoms with E-state index in [0.717, 1.165) is 43.4 Å². The highest BCUT2D eigenvalue weighted by Gasteiger charge is 2.29. The zero-order valence-electron chi connectivity index (χ0n) is 50.4. The Labute approximate surface area is 501 Å². The molecule has 0 fully saturated rings. The van der Waals surface area contributed by atoms with E-state index in [1.54, 1.807) is 62.4 Å². The zero-order chi connectivity index (χ0) is 64.1. The van der Waals surface area contributed by atoms with Crippen LogP contribution in [0.4, 0.5) is 21.9 Å². The minimum absolute atomic E-state index is 0.00212. The van der Waals surface area contributed by atoms with Crippen molar-refractivity contribution in [2.45, 2.75) is 157 Å². The van der Waals surface area contributed by atoms with Crippen LogP contribution in [-0.2, 0) is 75.4 Å². The quantitative estimate of drug-likeness (QED) is 0.00683. The van der Waals surface area contributed by atoms with Crippen molar-refractivity contribution >= 4 is 81.9 Å². The lowest BCUT2D eigenvalue weighted by molar-refractivity contribution is -0.384. The van der Waals surface area contributed by atoms with Crippen molar-refractivity contribution in [2.75, 3.05) is 24.9 Å². The number of unbranched alkanes of at least 4 members (excludes halogenated alkanes) is 6. The summed E-state index contributed by atoms with van der Waals surface area (Å²) in [6.45, 7) is 10.4. The summed E-state index contributed by atoms with van der Waals surface area (Å²) in [4.78, 5) is 144. The van der Waals surface area contributed by atoms with Gasteiger partial charge in [0.25, 0.3) is 5.69 Å². The smallest absolute Gasteiger partial charge is 0.466 e. The Kier molecular flexibility index (Phi) is 34.6. The number of Topliss-reactive ketones (excluding diaryl/α,β-unsaturated/α-hetero) is 2. The summed E-state index contributed by atoms with van der Waals surface area (Å²) >= 11 is 0. The SMILES string of the molecule is COC(=O)/C=C/C(=O)CCCCCCC(=O)N[C@H](C(=O)C[C@@H](C)C(=O)Nc1ccc(CO)cc1)C(C)C.COC(=O)/C=C/C(=O)CCCCCCC(=O)N[C@H](C(=O)C[C@@H](C)C(=O)Nc1ccc(COC(=O)Oc2ccc([N+](=O)[O-])cc2)cc1)C(C)C. The Hall–Kier alpha value is -8.73. The van der Waals surface area contributed by atoms with Crippen LogP contribution in [0.3, 0.4) is 0 Å². The van der Waals surface area contributed by atoms with Crippen LogP contribution in [0.2, 0.25) is 0 Å². The first-order valence-electron chi connectivity index (χ1n) is 28.6. The van der Waals surface area contributed by atoms with Crippen molar-refractivity contribution < 1.29 is 81.7 Å². The second-order valence-electron chi connectivity index (χ2n) is 21.1. The van der Waals surface area contributed by atoms with Gasteiger partial charge in [-0.15, -0.1) is 0 Å². The molecule has 0 aromatic heterocycles. The lowest BCUT2D eigenvalue weighted by Gasteiger charge is -2.23. The van der Waals surface area contributed by atoms with Crippen LogP contribution in [0.5, 0.6) is 5.75 Å². The van der Waals surface area contributed by atoms with Gasteiger partial charge in [0.15, 0.2) is 23.1 Å². The lowest BCUT2D eigenvalue weighted by atomic mass is 9.92. The van der Waals surface area contributed by atoms with E-state index in [1.807, 2.05) is 27.7 Å². The van der Waals surface area contributed by atoms with Crippen LogP contribution in [0, 0.1) is 33.8 Å². The van der Waals surface area contributed by atoms with Crippen LogP contribution in [-0.4, -0.2) is 101 Å². The molecule has 0 aliphatic heterocycles. The number of benzene rings is 3. The molecule has 468 valence electrons. The molecule has 0 aliphatic rings. The van der Waals surface area contributed by atoms with Gasteiger partial charge in [0.05, 0.1) is 37.8 Å². The van der Waals surface area contributed by atoms with E-state index in [9.17, 15) is 62.9 Å². The number of hydrogen-bond acceptors (Lipinski definition) is 18. The summed E-state index contributed by atoms with van der Waals surface area (Å²) in [5.41, 5.74) is 2.25. The standard InChI is InChI=1S/C35H43N3O11.C28H40N2O7/c1-23(2)33(37-31(41)10-8-6-5-7-9-28(39)17-20-32(42)47-4)30(40)21-24(3)34(43)36-26-13-11-25(12-14-26)22-48-35(44)49-29-18-15-27(16-19-29)38(45)46;1-19(2)27(24(33)17-20(3)28(36)29-22-13-11-21(18-31)12-14-22)30-25(34)10-8-6-5-7-9-23(32)15-16-26(35)37-4/h11-20,23-24,33H,5-10,21-22H2,1-4H3,(H,36,43)(H,37,41);11-16,19-20,27,31H,5-10,17-18H2,1-4H3,(H,29,36)(H,30,34)/b20-17+;16-15+/t24-,33+;20-,27+/m11/s1. The highest BCUT2D eigenvalue weighted by molar-refractivity contribution is 5.99. The molecule has 23 nitrogen and oxygen atoms in total. The van der Waals surface area contributed by atoms with Gasteiger partial charge in [-0.2, -0.15) is 0 Å². The molecular weight excluding hydrogens is 1110 g/mol. The van der Waals surface area contributed by atoms with Crippen LogP contribution < -0.4 is 26.0 Å². The Morgan fingerprint density at radius 3 is 1.27 bits per heavy atom. The summed E-state index contributed by atoms with van der Waals surface area (Å²) < 4.78 is 18.9. The van der Waals surface area contributed by atoms with Gasteiger partial charge in [-0.05, 0) is 97.2 Å². The third-order valence-corrected chi connectivity index (χ3v) is 13.2. The number of anilines is 2. The number of rotatable bonds is 37. The summed E-state index contributed by atoms with van der Waals surface area (Å²) in [5.74, 6) is -4.54. The van der Waals surface area contributed by atoms with Gasteiger partial charge in [-0.25, -0.2) is 14.4 Å². The number of allylic oxidation sites excluding steroid dienone is 2. The molecule has 4 amide bonds. The molecule has 86 heavy (non-hydrogen) atoms. The van der Waals surface area contributed by atoms with Gasteiger partial charge in [-0.3, -0.25) is 48.5 Å². The maximum absolute atomic E-state index is 13.1. The van der Waals surface area contributed by atoms with E-state index >= 15 is 0 Å². The largest absolute Gasteiger partial charge is 0.514 e. The van der Waals surface area contributed by atoms with Gasteiger partial charge in [0.1, 0.15) is 12.4 Å². The predicted molar refractivity (Wildman–Crippen MR) is 319 cm³/mol. The minimum Gasteiger partial charge on any atom is -0.466 e. The van der Waals surface area contributed by atoms with Crippen LogP contribution in [0.15, 0.2) is 97.1 Å². The molecule has 3 aromatic rings. The Morgan fingerprint density at radius 2 is 0.907 bits per heavy atom. The van der Waals surface area contributed by atoms with E-state index < -0.39 is 46.9 Å². The molecule has 4 atom stereocenters. The number of nitrogens with zero attached hydrogens (tertiary/aromatic N) is 1. The lowest BCUT2D eigenvalue weighted by Crippen LogP contribution is -2.45. The van der Waals surface area contributed by atoms with Gasteiger partial charge in [0, 0.05) is 86.0 Å². The number of esters is 2. The second-order valence-corrected chi connectivity index (χ2v) is 21.1. The first-order chi connectivity index (χ1) is 40.8. The Bertz CT molecular complexity index is 2790. The van der Waals surface area contributed by atoms with Crippen LogP contribution >= 0.6 is 0 Å². The molecule has 0 bridgehead atoms. The Morgan fingerprint density at radius 1 is 0.523 bits per heavy atom. The second kappa shape index (κ2) is 40.5. The molecule has 0 saturated heterocycles. The number of ether oxygens (including phenoxy) is 4. The molecular formula is C63H83N5O18. The number of carbonyl (C=O) groups is 11. The first kappa shape index (κ1) is 73.4. The van der Waals surface area contributed by atoms with Crippen molar-refractivity contribution in [3.8, 4) is 5.75 Å². The van der Waals surface area contributed by atoms with Crippen molar-refractivity contribution in [2.24, 2.45) is 23.7 Å². The summed E-state index contributed by atoms with van der Waals surface area (Å²) in [6, 6.07) is 16.8. The molecule has 0 spiro atoms. The molecule has 3 aromatic carbocycles. The number of aliphatic hydroxyl groups is 1. The molecule has 0 heterocycles. The number of carbonyl (C=O) groups excluding carboxylic acids is 11. The monoisotopic (exact) mass is 1200 g/mol. The van der Waals surface area contributed by atoms with E-state index in [4.69, 9.17) is 14.6 Å². The first-order valence-corrected chi connectivity index (χ1v) is 28.6. The maximum atomic E-state index is 13.1. The molecule has 0 unspecified atom stereocenters. The Balaban J connectivity index is 0.000000611. The van der Waals surface area contributed by atoms with E-state index in [1.165, 1.54) is 50.6 Å². The van der Waals surface area contributed by atoms with Crippen molar-refractivity contribution in [3.05, 3.63) is 118 Å². The van der Waals surface area contributed by atoms with Crippen LogP contribution in [0.25, 0.3) is 0 Å². The molecule has 0 aliphatic carbocycles. The molecule has 3 rings (SSSR count). The van der Waals surface area contributed by atoms with Crippen molar-refractivity contribution in [3.63, 3.8) is 0 Å². The fourth-order valence-electron chi connectivity index (χ4n) is 8.09. The van der Waals surface area contributed by atoms with Crippen molar-refractivity contribution in [1.29, 1.82) is 0 Å². The number of nitro benzene ring substituents is 1. The number of nitrogens with one attached hydrogen (secondary N) is 4. The number of aliphatic hydroxyl groups excluding tert-OH is 1. The van der Waals surface area contributed by atoms with Gasteiger partial charge >= 0.3 is 18.1 Å². The molecule has 23 heteroatoms. The highest BCUT2D eigenvalue weighted by Crippen LogP contribution is 2.21. The number of ketones is 4. The summed E-state index contributed by atoms with van der Waals surface area (Å²) in [6.07, 6.45) is 10.1. The zero-order valence-corrected chi connectivity index (χ0v) is 50.4. The van der Waals surface area contributed by atoms with E-state index in [-0.39, 0.29) is 109 Å². The molecule has 5 N–H and O–H groups in total. The molecule has 0 saturated carbocycles. The topological polar surface area (TPSA) is 336 Å². The number of methoxy groups -OCH3 is 2. The number of non-ortho nitro benzene ring substituents is 1. The third-order valence-electron chi connectivity index (χ3n) is 13.2. The maximum Gasteiger partial charge on any atom is 0.514 e. The normalized spacial score (nSPS) is 12.4. The fourth-order valence-corrected chi connectivity index (χ4v) is 8.09. The summed E-state index contributed by atoms with van der Waals surface area (Å²) in [5, 5.41) is 31.0. The van der Waals surface area contributed by atoms with Gasteiger partial charge in [-0.1, -0.05) is 91.5 Å². The van der Waals surface area contributed by atoms with Crippen LogP contribution in [0.1, 0.15) is 143 Å². The number of amides is 4. The third kappa shape index (κ3) is 30.7. The number of hydrogen-bond donors (Lipinski definition) is 5. The van der Waals surface area contributed by atoms with Gasteiger partial charge < -0.3 is 45.3 Å². The minimum atomic E-state index is -0.991. The van der Waals surface area contributed by atoms with Crippen molar-refractivity contribution in [1.82, 2.24) is 10.6 Å². The fraction of sp³-hybridized carbons (Fsp3) is 0.476. The average Bonchev–Trinajstić information content (AvgIpc) is 3.68. The molecule has 0 radical (unpaired) electrons. The predicted octanol–water partition coefficient (Wildman–Crippen LogP) is 9.12. The number of nitro groups is 1. The average molecular weight is 1200 g/mol.